The molecule has 0 bridgehead atoms. The van der Waals surface area contributed by atoms with Gasteiger partial charge >= 0.3 is 5.97 Å². The first-order valence-electron chi connectivity index (χ1n) is 7.38. The number of hydrogen-bond donors (Lipinski definition) is 1. The van der Waals surface area contributed by atoms with Gasteiger partial charge in [-0.3, -0.25) is 4.79 Å². The van der Waals surface area contributed by atoms with Crippen LogP contribution in [0.5, 0.6) is 5.75 Å². The lowest BCUT2D eigenvalue weighted by Gasteiger charge is -2.04. The summed E-state index contributed by atoms with van der Waals surface area (Å²) in [4.78, 5) is 23.3. The Balaban J connectivity index is 1.93. The molecule has 124 valence electrons. The van der Waals surface area contributed by atoms with Crippen LogP contribution in [0.3, 0.4) is 0 Å². The molecule has 0 aliphatic rings. The van der Waals surface area contributed by atoms with Gasteiger partial charge in [0.2, 0.25) is 0 Å². The van der Waals surface area contributed by atoms with Crippen LogP contribution < -0.4 is 10.2 Å². The highest BCUT2D eigenvalue weighted by Gasteiger charge is 2.05. The Labute approximate surface area is 140 Å². The molecule has 0 aromatic heterocycles. The molecule has 1 N–H and O–H groups in total. The molecule has 24 heavy (non-hydrogen) atoms. The van der Waals surface area contributed by atoms with E-state index in [1.54, 1.807) is 48.5 Å². The monoisotopic (exact) mass is 326 g/mol. The summed E-state index contributed by atoms with van der Waals surface area (Å²) in [7, 11) is 1.33. The molecule has 6 heteroatoms. The lowest BCUT2D eigenvalue weighted by atomic mass is 10.1. The molecule has 0 unspecified atom stereocenters. The van der Waals surface area contributed by atoms with Gasteiger partial charge in [-0.1, -0.05) is 12.1 Å². The van der Waals surface area contributed by atoms with Gasteiger partial charge in [0, 0.05) is 5.56 Å². The predicted molar refractivity (Wildman–Crippen MR) is 90.5 cm³/mol. The van der Waals surface area contributed by atoms with Crippen molar-refractivity contribution in [3.8, 4) is 5.75 Å². The maximum Gasteiger partial charge on any atom is 0.337 e. The van der Waals surface area contributed by atoms with Gasteiger partial charge < -0.3 is 9.47 Å². The SMILES string of the molecule is CCOc1ccc(C(=O)NN=Cc2ccc(C(=O)OC)cc2)cc1. The molecule has 0 heterocycles. The first kappa shape index (κ1) is 17.2. The molecule has 0 fully saturated rings. The molecule has 0 saturated carbocycles. The highest BCUT2D eigenvalue weighted by molar-refractivity contribution is 5.95. The summed E-state index contributed by atoms with van der Waals surface area (Å²) in [5, 5.41) is 3.90. The molecule has 0 spiro atoms. The maximum absolute atomic E-state index is 12.0. The summed E-state index contributed by atoms with van der Waals surface area (Å²) in [6.07, 6.45) is 1.49. The van der Waals surface area contributed by atoms with E-state index in [2.05, 4.69) is 15.3 Å². The molecule has 2 aromatic rings. The van der Waals surface area contributed by atoms with E-state index >= 15 is 0 Å². The van der Waals surface area contributed by atoms with Crippen LogP contribution in [0.2, 0.25) is 0 Å². The average molecular weight is 326 g/mol. The Hall–Kier alpha value is -3.15. The van der Waals surface area contributed by atoms with E-state index in [0.717, 1.165) is 5.56 Å². The third-order valence-electron chi connectivity index (χ3n) is 3.14. The van der Waals surface area contributed by atoms with Gasteiger partial charge in [0.25, 0.3) is 5.91 Å². The van der Waals surface area contributed by atoms with Crippen molar-refractivity contribution in [2.45, 2.75) is 6.92 Å². The van der Waals surface area contributed by atoms with E-state index in [1.165, 1.54) is 13.3 Å². The van der Waals surface area contributed by atoms with Crippen molar-refractivity contribution in [1.29, 1.82) is 0 Å². The van der Waals surface area contributed by atoms with Gasteiger partial charge in [0.1, 0.15) is 5.75 Å². The lowest BCUT2D eigenvalue weighted by molar-refractivity contribution is 0.0600. The van der Waals surface area contributed by atoms with Crippen LogP contribution >= 0.6 is 0 Å². The van der Waals surface area contributed by atoms with Gasteiger partial charge in [-0.25, -0.2) is 10.2 Å². The van der Waals surface area contributed by atoms with Crippen LogP contribution in [0.25, 0.3) is 0 Å². The predicted octanol–water partition coefficient (Wildman–Crippen LogP) is 2.64. The summed E-state index contributed by atoms with van der Waals surface area (Å²) in [6.45, 7) is 2.47. The van der Waals surface area contributed by atoms with Crippen molar-refractivity contribution in [2.75, 3.05) is 13.7 Å². The number of carbonyl (C=O) groups is 2. The highest BCUT2D eigenvalue weighted by atomic mass is 16.5. The van der Waals surface area contributed by atoms with Gasteiger partial charge in [-0.05, 0) is 48.9 Å². The molecule has 0 radical (unpaired) electrons. The first-order chi connectivity index (χ1) is 11.6. The number of amides is 1. The van der Waals surface area contributed by atoms with Gasteiger partial charge in [-0.15, -0.1) is 0 Å². The second kappa shape index (κ2) is 8.47. The largest absolute Gasteiger partial charge is 0.494 e. The fourth-order valence-corrected chi connectivity index (χ4v) is 1.92. The van der Waals surface area contributed by atoms with Crippen LogP contribution in [-0.2, 0) is 4.74 Å². The number of esters is 1. The number of rotatable bonds is 6. The molecule has 0 atom stereocenters. The number of carbonyl (C=O) groups excluding carboxylic acids is 2. The average Bonchev–Trinajstić information content (AvgIpc) is 2.62. The van der Waals surface area contributed by atoms with Crippen LogP contribution in [0.4, 0.5) is 0 Å². The Morgan fingerprint density at radius 2 is 1.67 bits per heavy atom. The van der Waals surface area contributed by atoms with Gasteiger partial charge in [-0.2, -0.15) is 5.10 Å². The Morgan fingerprint density at radius 1 is 1.04 bits per heavy atom. The first-order valence-corrected chi connectivity index (χ1v) is 7.38. The zero-order valence-corrected chi connectivity index (χ0v) is 13.5. The third kappa shape index (κ3) is 4.67. The molecule has 2 rings (SSSR count). The summed E-state index contributed by atoms with van der Waals surface area (Å²) in [5.41, 5.74) is 4.13. The van der Waals surface area contributed by atoms with Crippen molar-refractivity contribution in [2.24, 2.45) is 5.10 Å². The fourth-order valence-electron chi connectivity index (χ4n) is 1.92. The normalized spacial score (nSPS) is 10.4. The molecule has 1 amide bonds. The number of nitrogens with zero attached hydrogens (tertiary/aromatic N) is 1. The zero-order chi connectivity index (χ0) is 17.4. The second-order valence-corrected chi connectivity index (χ2v) is 4.77. The van der Waals surface area contributed by atoms with E-state index < -0.39 is 5.97 Å². The molecule has 6 nitrogen and oxygen atoms in total. The Kier molecular flexibility index (Phi) is 6.08. The van der Waals surface area contributed by atoms with E-state index in [4.69, 9.17) is 4.74 Å². The molecule has 0 aliphatic heterocycles. The molecule has 0 aliphatic carbocycles. The van der Waals surface area contributed by atoms with E-state index in [9.17, 15) is 9.59 Å². The lowest BCUT2D eigenvalue weighted by Crippen LogP contribution is -2.17. The number of methoxy groups -OCH3 is 1. The van der Waals surface area contributed by atoms with E-state index in [-0.39, 0.29) is 5.91 Å². The van der Waals surface area contributed by atoms with Crippen LogP contribution in [0.15, 0.2) is 53.6 Å². The Bertz CT molecular complexity index is 722. The molecule has 2 aromatic carbocycles. The van der Waals surface area contributed by atoms with Crippen LogP contribution in [0, 0.1) is 0 Å². The molecular formula is C18H18N2O4. The van der Waals surface area contributed by atoms with Crippen molar-refractivity contribution >= 4 is 18.1 Å². The minimum Gasteiger partial charge on any atom is -0.494 e. The number of benzene rings is 2. The summed E-state index contributed by atoms with van der Waals surface area (Å²) < 4.78 is 9.94. The second-order valence-electron chi connectivity index (χ2n) is 4.77. The van der Waals surface area contributed by atoms with Crippen molar-refractivity contribution in [3.63, 3.8) is 0 Å². The quantitative estimate of drug-likeness (QED) is 0.503. The maximum atomic E-state index is 12.0. The van der Waals surface area contributed by atoms with E-state index in [1.807, 2.05) is 6.92 Å². The molecular weight excluding hydrogens is 308 g/mol. The molecule has 0 saturated heterocycles. The Morgan fingerprint density at radius 3 is 2.25 bits per heavy atom. The summed E-state index contributed by atoms with van der Waals surface area (Å²) in [5.74, 6) is -0.00832. The number of ether oxygens (including phenoxy) is 2. The minimum absolute atomic E-state index is 0.319. The summed E-state index contributed by atoms with van der Waals surface area (Å²) in [6, 6.07) is 13.5. The van der Waals surface area contributed by atoms with Gasteiger partial charge in [0.15, 0.2) is 0 Å². The number of hydrogen-bond acceptors (Lipinski definition) is 5. The van der Waals surface area contributed by atoms with Gasteiger partial charge in [0.05, 0.1) is 25.5 Å². The topological polar surface area (TPSA) is 77.0 Å². The van der Waals surface area contributed by atoms with Crippen molar-refractivity contribution < 1.29 is 19.1 Å². The smallest absolute Gasteiger partial charge is 0.337 e. The van der Waals surface area contributed by atoms with E-state index in [0.29, 0.717) is 23.5 Å². The van der Waals surface area contributed by atoms with Crippen LogP contribution in [-0.4, -0.2) is 31.8 Å². The van der Waals surface area contributed by atoms with Crippen molar-refractivity contribution in [1.82, 2.24) is 5.43 Å². The number of nitrogens with one attached hydrogen (secondary N) is 1. The highest BCUT2D eigenvalue weighted by Crippen LogP contribution is 2.12. The zero-order valence-electron chi connectivity index (χ0n) is 13.5. The van der Waals surface area contributed by atoms with Crippen molar-refractivity contribution in [3.05, 3.63) is 65.2 Å². The third-order valence-corrected chi connectivity index (χ3v) is 3.14. The standard InChI is InChI=1S/C18H18N2O4/c1-3-24-16-10-8-14(9-11-16)17(21)20-19-12-13-4-6-15(7-5-13)18(22)23-2/h4-12H,3H2,1-2H3,(H,20,21). The minimum atomic E-state index is -0.401. The van der Waals surface area contributed by atoms with Crippen LogP contribution in [0.1, 0.15) is 33.2 Å². The fraction of sp³-hybridized carbons (Fsp3) is 0.167. The summed E-state index contributed by atoms with van der Waals surface area (Å²) >= 11 is 0. The number of hydrazone groups is 1.